The maximum absolute atomic E-state index is 11.2. The van der Waals surface area contributed by atoms with Crippen molar-refractivity contribution >= 4 is 33.0 Å². The predicted octanol–water partition coefficient (Wildman–Crippen LogP) is 4.69. The Balaban J connectivity index is 2.46. The maximum atomic E-state index is 11.2. The lowest BCUT2D eigenvalue weighted by atomic mass is 10.1. The number of thiophene rings is 1. The Morgan fingerprint density at radius 1 is 1.25 bits per heavy atom. The molecule has 0 radical (unpaired) electrons. The van der Waals surface area contributed by atoms with Gasteiger partial charge in [0.2, 0.25) is 0 Å². The summed E-state index contributed by atoms with van der Waals surface area (Å²) in [6.07, 6.45) is 0. The van der Waals surface area contributed by atoms with Gasteiger partial charge in [0.15, 0.2) is 5.78 Å². The van der Waals surface area contributed by atoms with E-state index in [9.17, 15) is 4.79 Å². The third kappa shape index (κ3) is 2.25. The third-order valence-electron chi connectivity index (χ3n) is 2.34. The maximum Gasteiger partial charge on any atom is 0.169 e. The molecule has 0 unspecified atom stereocenters. The fraction of sp³-hybridized carbons (Fsp3) is 0.154. The monoisotopic (exact) mass is 294 g/mol. The van der Waals surface area contributed by atoms with Gasteiger partial charge in [0.1, 0.15) is 0 Å². The van der Waals surface area contributed by atoms with Crippen LogP contribution in [0, 0.1) is 6.92 Å². The number of hydrogen-bond donors (Lipinski definition) is 0. The van der Waals surface area contributed by atoms with Crippen molar-refractivity contribution in [3.05, 3.63) is 45.2 Å². The van der Waals surface area contributed by atoms with Crippen molar-refractivity contribution in [2.24, 2.45) is 0 Å². The largest absolute Gasteiger partial charge is 0.294 e. The summed E-state index contributed by atoms with van der Waals surface area (Å²) in [6.45, 7) is 3.66. The molecule has 0 amide bonds. The number of hydrogen-bond acceptors (Lipinski definition) is 2. The lowest BCUT2D eigenvalue weighted by Crippen LogP contribution is -1.83. The van der Waals surface area contributed by atoms with Gasteiger partial charge in [0, 0.05) is 14.9 Å². The second-order valence-electron chi connectivity index (χ2n) is 3.70. The molecule has 0 aliphatic carbocycles. The average Bonchev–Trinajstić information content (AvgIpc) is 2.66. The van der Waals surface area contributed by atoms with Crippen LogP contribution in [0.1, 0.15) is 22.2 Å². The van der Waals surface area contributed by atoms with Gasteiger partial charge < -0.3 is 0 Å². The first-order valence-corrected chi connectivity index (χ1v) is 6.56. The molecule has 0 aliphatic rings. The van der Waals surface area contributed by atoms with E-state index in [1.165, 1.54) is 16.9 Å². The average molecular weight is 295 g/mol. The smallest absolute Gasteiger partial charge is 0.169 e. The first kappa shape index (κ1) is 11.6. The molecule has 0 N–H and O–H groups in total. The molecule has 1 heterocycles. The Kier molecular flexibility index (Phi) is 3.26. The molecule has 82 valence electrons. The number of Topliss-reactive ketones (excluding diaryl/α,β-unsaturated/α-hetero) is 1. The Labute approximate surface area is 107 Å². The molecule has 2 aromatic rings. The van der Waals surface area contributed by atoms with Gasteiger partial charge in [0.25, 0.3) is 0 Å². The van der Waals surface area contributed by atoms with Crippen LogP contribution in [-0.2, 0) is 0 Å². The highest BCUT2D eigenvalue weighted by atomic mass is 79.9. The summed E-state index contributed by atoms with van der Waals surface area (Å²) in [6, 6.07) is 10.1. The molecule has 0 spiro atoms. The molecule has 0 aliphatic heterocycles. The number of carbonyl (C=O) groups excluding carboxylic acids is 1. The number of rotatable bonds is 2. The zero-order valence-electron chi connectivity index (χ0n) is 9.08. The van der Waals surface area contributed by atoms with E-state index in [2.05, 4.69) is 41.1 Å². The molecule has 1 aromatic heterocycles. The van der Waals surface area contributed by atoms with Crippen molar-refractivity contribution in [2.45, 2.75) is 13.8 Å². The zero-order valence-corrected chi connectivity index (χ0v) is 11.5. The molecule has 0 fully saturated rings. The van der Waals surface area contributed by atoms with Crippen LogP contribution in [0.3, 0.4) is 0 Å². The minimum absolute atomic E-state index is 0.125. The molecule has 0 saturated carbocycles. The first-order valence-electron chi connectivity index (χ1n) is 4.95. The van der Waals surface area contributed by atoms with Gasteiger partial charge in [-0.1, -0.05) is 28.1 Å². The van der Waals surface area contributed by atoms with Crippen LogP contribution in [0.5, 0.6) is 0 Å². The number of halogens is 1. The third-order valence-corrected chi connectivity index (χ3v) is 4.22. The van der Waals surface area contributed by atoms with E-state index in [1.54, 1.807) is 6.92 Å². The molecular weight excluding hydrogens is 284 g/mol. The quantitative estimate of drug-likeness (QED) is 0.735. The highest BCUT2D eigenvalue weighted by Gasteiger charge is 2.08. The summed E-state index contributed by atoms with van der Waals surface area (Å²) in [7, 11) is 0. The minimum atomic E-state index is 0.125. The Morgan fingerprint density at radius 3 is 2.56 bits per heavy atom. The van der Waals surface area contributed by atoms with E-state index in [0.29, 0.717) is 0 Å². The summed E-state index contributed by atoms with van der Waals surface area (Å²) in [5, 5.41) is 0. The molecule has 0 saturated heterocycles. The zero-order chi connectivity index (χ0) is 11.7. The molecular formula is C13H11BrOS. The van der Waals surface area contributed by atoms with Crippen LogP contribution < -0.4 is 0 Å². The van der Waals surface area contributed by atoms with E-state index >= 15 is 0 Å². The van der Waals surface area contributed by atoms with Gasteiger partial charge in [-0.05, 0) is 37.6 Å². The molecule has 0 bridgehead atoms. The summed E-state index contributed by atoms with van der Waals surface area (Å²) < 4.78 is 1.07. The Bertz CT molecular complexity index is 543. The fourth-order valence-corrected chi connectivity index (χ4v) is 3.27. The second kappa shape index (κ2) is 4.52. The molecule has 16 heavy (non-hydrogen) atoms. The van der Waals surface area contributed by atoms with Gasteiger partial charge in [-0.15, -0.1) is 11.3 Å². The summed E-state index contributed by atoms with van der Waals surface area (Å²) in [4.78, 5) is 13.2. The number of aryl methyl sites for hydroxylation is 1. The Morgan fingerprint density at radius 2 is 2.00 bits per heavy atom. The topological polar surface area (TPSA) is 17.1 Å². The first-order chi connectivity index (χ1) is 7.58. The number of benzene rings is 1. The van der Waals surface area contributed by atoms with Gasteiger partial charge in [-0.2, -0.15) is 0 Å². The van der Waals surface area contributed by atoms with Crippen molar-refractivity contribution in [1.29, 1.82) is 0 Å². The normalized spacial score (nSPS) is 10.4. The van der Waals surface area contributed by atoms with Crippen LogP contribution >= 0.6 is 27.3 Å². The molecule has 1 aromatic carbocycles. The van der Waals surface area contributed by atoms with Gasteiger partial charge in [-0.25, -0.2) is 0 Å². The highest BCUT2D eigenvalue weighted by molar-refractivity contribution is 9.10. The fourth-order valence-electron chi connectivity index (χ4n) is 1.49. The van der Waals surface area contributed by atoms with Crippen molar-refractivity contribution in [3.63, 3.8) is 0 Å². The van der Waals surface area contributed by atoms with E-state index in [0.717, 1.165) is 19.8 Å². The number of carbonyl (C=O) groups is 1. The minimum Gasteiger partial charge on any atom is -0.294 e. The van der Waals surface area contributed by atoms with E-state index in [1.807, 2.05) is 12.1 Å². The van der Waals surface area contributed by atoms with Crippen LogP contribution in [-0.4, -0.2) is 5.78 Å². The van der Waals surface area contributed by atoms with E-state index in [4.69, 9.17) is 0 Å². The molecule has 2 rings (SSSR count). The van der Waals surface area contributed by atoms with Crippen molar-refractivity contribution in [1.82, 2.24) is 0 Å². The molecule has 0 atom stereocenters. The van der Waals surface area contributed by atoms with E-state index < -0.39 is 0 Å². The van der Waals surface area contributed by atoms with Gasteiger partial charge >= 0.3 is 0 Å². The van der Waals surface area contributed by atoms with Crippen molar-refractivity contribution in [3.8, 4) is 10.4 Å². The molecule has 1 nitrogen and oxygen atoms in total. The van der Waals surface area contributed by atoms with Crippen LogP contribution in [0.2, 0.25) is 0 Å². The predicted molar refractivity (Wildman–Crippen MR) is 72.2 cm³/mol. The van der Waals surface area contributed by atoms with Crippen molar-refractivity contribution < 1.29 is 4.79 Å². The number of ketones is 1. The highest BCUT2D eigenvalue weighted by Crippen LogP contribution is 2.34. The van der Waals surface area contributed by atoms with Gasteiger partial charge in [-0.3, -0.25) is 4.79 Å². The van der Waals surface area contributed by atoms with Crippen molar-refractivity contribution in [2.75, 3.05) is 0 Å². The Hall–Kier alpha value is -0.930. The summed E-state index contributed by atoms with van der Waals surface area (Å²) in [5.41, 5.74) is 2.36. The molecule has 3 heteroatoms. The van der Waals surface area contributed by atoms with Crippen LogP contribution in [0.4, 0.5) is 0 Å². The van der Waals surface area contributed by atoms with Gasteiger partial charge in [0.05, 0.1) is 4.88 Å². The summed E-state index contributed by atoms with van der Waals surface area (Å²) in [5.74, 6) is 0.125. The second-order valence-corrected chi connectivity index (χ2v) is 5.64. The SMILES string of the molecule is CC(=O)c1ccc(-c2ccc(C)cc2Br)s1. The lowest BCUT2D eigenvalue weighted by Gasteiger charge is -2.02. The van der Waals surface area contributed by atoms with E-state index in [-0.39, 0.29) is 5.78 Å². The lowest BCUT2D eigenvalue weighted by molar-refractivity contribution is 0.102. The van der Waals surface area contributed by atoms with Crippen LogP contribution in [0.25, 0.3) is 10.4 Å². The summed E-state index contributed by atoms with van der Waals surface area (Å²) >= 11 is 5.09. The standard InChI is InChI=1S/C13H11BrOS/c1-8-3-4-10(11(14)7-8)13-6-5-12(16-13)9(2)15/h3-7H,1-2H3. The van der Waals surface area contributed by atoms with Crippen LogP contribution in [0.15, 0.2) is 34.8 Å².